The SMILES string of the molecule is Cc1c(/C=C/c2ccccc2)cc2c([N+](=O)[O-])cn(C)c2c1-c1ccccc1. The quantitative estimate of drug-likeness (QED) is 0.243. The van der Waals surface area contributed by atoms with Gasteiger partial charge in [0.25, 0.3) is 5.69 Å². The van der Waals surface area contributed by atoms with Crippen LogP contribution < -0.4 is 0 Å². The van der Waals surface area contributed by atoms with Crippen LogP contribution in [0.5, 0.6) is 0 Å². The van der Waals surface area contributed by atoms with E-state index < -0.39 is 0 Å². The van der Waals surface area contributed by atoms with Crippen molar-refractivity contribution in [3.8, 4) is 11.1 Å². The van der Waals surface area contributed by atoms with Gasteiger partial charge in [-0.05, 0) is 35.2 Å². The number of nitrogens with zero attached hydrogens (tertiary/aromatic N) is 2. The van der Waals surface area contributed by atoms with Crippen LogP contribution in [0.4, 0.5) is 5.69 Å². The molecule has 0 radical (unpaired) electrons. The average molecular weight is 368 g/mol. The molecule has 4 aromatic rings. The van der Waals surface area contributed by atoms with E-state index in [1.807, 2.05) is 90.5 Å². The Kier molecular flexibility index (Phi) is 4.53. The van der Waals surface area contributed by atoms with Gasteiger partial charge in [-0.1, -0.05) is 72.8 Å². The Morgan fingerprint density at radius 2 is 1.61 bits per heavy atom. The normalized spacial score (nSPS) is 11.4. The lowest BCUT2D eigenvalue weighted by atomic mass is 9.93. The zero-order chi connectivity index (χ0) is 19.7. The third-order valence-electron chi connectivity index (χ3n) is 5.06. The Morgan fingerprint density at radius 3 is 2.25 bits per heavy atom. The van der Waals surface area contributed by atoms with Crippen LogP contribution in [-0.2, 0) is 7.05 Å². The maximum Gasteiger partial charge on any atom is 0.294 e. The second-order valence-corrected chi connectivity index (χ2v) is 6.85. The minimum Gasteiger partial charge on any atom is -0.344 e. The molecule has 0 N–H and O–H groups in total. The molecule has 0 fully saturated rings. The molecule has 4 nitrogen and oxygen atoms in total. The van der Waals surface area contributed by atoms with Gasteiger partial charge in [0.05, 0.1) is 22.0 Å². The zero-order valence-electron chi connectivity index (χ0n) is 15.8. The van der Waals surface area contributed by atoms with Crippen LogP contribution >= 0.6 is 0 Å². The summed E-state index contributed by atoms with van der Waals surface area (Å²) < 4.78 is 1.85. The molecule has 0 atom stereocenters. The van der Waals surface area contributed by atoms with E-state index in [2.05, 4.69) is 6.92 Å². The van der Waals surface area contributed by atoms with Crippen molar-refractivity contribution in [1.82, 2.24) is 4.57 Å². The van der Waals surface area contributed by atoms with Gasteiger partial charge in [0.1, 0.15) is 0 Å². The molecule has 1 aromatic heterocycles. The first-order valence-corrected chi connectivity index (χ1v) is 9.12. The van der Waals surface area contributed by atoms with Gasteiger partial charge >= 0.3 is 0 Å². The van der Waals surface area contributed by atoms with Crippen LogP contribution in [0.1, 0.15) is 16.7 Å². The first-order valence-electron chi connectivity index (χ1n) is 9.12. The third-order valence-corrected chi connectivity index (χ3v) is 5.06. The lowest BCUT2D eigenvalue weighted by molar-refractivity contribution is -0.383. The monoisotopic (exact) mass is 368 g/mol. The van der Waals surface area contributed by atoms with Gasteiger partial charge in [0.2, 0.25) is 0 Å². The molecule has 4 heteroatoms. The van der Waals surface area contributed by atoms with E-state index in [0.717, 1.165) is 33.3 Å². The molecule has 0 spiro atoms. The molecule has 0 saturated heterocycles. The van der Waals surface area contributed by atoms with E-state index in [1.54, 1.807) is 6.20 Å². The van der Waals surface area contributed by atoms with Crippen molar-refractivity contribution in [3.05, 3.63) is 99.7 Å². The minimum absolute atomic E-state index is 0.129. The van der Waals surface area contributed by atoms with Crippen molar-refractivity contribution in [2.24, 2.45) is 7.05 Å². The molecule has 0 bridgehead atoms. The van der Waals surface area contributed by atoms with Gasteiger partial charge < -0.3 is 4.57 Å². The number of benzene rings is 3. The molecular weight excluding hydrogens is 348 g/mol. The molecule has 4 rings (SSSR count). The van der Waals surface area contributed by atoms with Crippen molar-refractivity contribution in [2.45, 2.75) is 6.92 Å². The number of nitro groups is 1. The second kappa shape index (κ2) is 7.16. The number of fused-ring (bicyclic) bond motifs is 1. The summed E-state index contributed by atoms with van der Waals surface area (Å²) in [6.07, 6.45) is 5.67. The molecular formula is C24H20N2O2. The summed E-state index contributed by atoms with van der Waals surface area (Å²) in [5, 5.41) is 12.3. The molecule has 0 aliphatic carbocycles. The molecule has 0 amide bonds. The topological polar surface area (TPSA) is 48.1 Å². The molecule has 28 heavy (non-hydrogen) atoms. The molecule has 3 aromatic carbocycles. The van der Waals surface area contributed by atoms with Crippen molar-refractivity contribution in [3.63, 3.8) is 0 Å². The van der Waals surface area contributed by atoms with Gasteiger partial charge in [-0.25, -0.2) is 0 Å². The number of aromatic nitrogens is 1. The van der Waals surface area contributed by atoms with E-state index in [9.17, 15) is 10.1 Å². The summed E-state index contributed by atoms with van der Waals surface area (Å²) in [4.78, 5) is 11.3. The summed E-state index contributed by atoms with van der Waals surface area (Å²) >= 11 is 0. The highest BCUT2D eigenvalue weighted by Crippen LogP contribution is 2.39. The lowest BCUT2D eigenvalue weighted by Gasteiger charge is -2.13. The highest BCUT2D eigenvalue weighted by Gasteiger charge is 2.22. The summed E-state index contributed by atoms with van der Waals surface area (Å²) in [6.45, 7) is 2.07. The first-order chi connectivity index (χ1) is 13.6. The van der Waals surface area contributed by atoms with Gasteiger partial charge in [0.15, 0.2) is 0 Å². The third kappa shape index (κ3) is 3.09. The zero-order valence-corrected chi connectivity index (χ0v) is 15.8. The fourth-order valence-corrected chi connectivity index (χ4v) is 3.69. The van der Waals surface area contributed by atoms with Crippen LogP contribution in [0.15, 0.2) is 72.9 Å². The van der Waals surface area contributed by atoms with Gasteiger partial charge in [-0.2, -0.15) is 0 Å². The Bertz CT molecular complexity index is 1190. The smallest absolute Gasteiger partial charge is 0.294 e. The fraction of sp³-hybridized carbons (Fsp3) is 0.0833. The van der Waals surface area contributed by atoms with Crippen molar-refractivity contribution < 1.29 is 4.92 Å². The summed E-state index contributed by atoms with van der Waals surface area (Å²) in [6, 6.07) is 22.0. The maximum absolute atomic E-state index is 11.6. The van der Waals surface area contributed by atoms with Crippen LogP contribution in [0.25, 0.3) is 34.2 Å². The molecule has 0 saturated carbocycles. The predicted octanol–water partition coefficient (Wildman–Crippen LogP) is 6.23. The Labute approximate surface area is 163 Å². The second-order valence-electron chi connectivity index (χ2n) is 6.85. The number of hydrogen-bond donors (Lipinski definition) is 0. The average Bonchev–Trinajstić information content (AvgIpc) is 3.04. The molecule has 0 unspecified atom stereocenters. The molecule has 0 aliphatic rings. The van der Waals surface area contributed by atoms with E-state index in [-0.39, 0.29) is 10.6 Å². The number of rotatable bonds is 4. The summed E-state index contributed by atoms with van der Waals surface area (Å²) in [5.41, 5.74) is 6.26. The van der Waals surface area contributed by atoms with E-state index >= 15 is 0 Å². The fourth-order valence-electron chi connectivity index (χ4n) is 3.69. The van der Waals surface area contributed by atoms with Crippen molar-refractivity contribution in [2.75, 3.05) is 0 Å². The van der Waals surface area contributed by atoms with Crippen LogP contribution in [-0.4, -0.2) is 9.49 Å². The molecule has 0 aliphatic heterocycles. The molecule has 1 heterocycles. The van der Waals surface area contributed by atoms with Crippen molar-refractivity contribution >= 4 is 28.7 Å². The largest absolute Gasteiger partial charge is 0.344 e. The Hall–Kier alpha value is -3.66. The maximum atomic E-state index is 11.6. The van der Waals surface area contributed by atoms with E-state index in [4.69, 9.17) is 0 Å². The Morgan fingerprint density at radius 1 is 0.964 bits per heavy atom. The van der Waals surface area contributed by atoms with Crippen LogP contribution in [0.3, 0.4) is 0 Å². The predicted molar refractivity (Wildman–Crippen MR) is 115 cm³/mol. The summed E-state index contributed by atoms with van der Waals surface area (Å²) in [5.74, 6) is 0. The highest BCUT2D eigenvalue weighted by atomic mass is 16.6. The highest BCUT2D eigenvalue weighted by molar-refractivity contribution is 6.03. The molecule has 138 valence electrons. The van der Waals surface area contributed by atoms with Gasteiger partial charge in [0, 0.05) is 12.6 Å². The lowest BCUT2D eigenvalue weighted by Crippen LogP contribution is -1.94. The van der Waals surface area contributed by atoms with E-state index in [1.165, 1.54) is 0 Å². The number of hydrogen-bond acceptors (Lipinski definition) is 2. The van der Waals surface area contributed by atoms with Crippen molar-refractivity contribution in [1.29, 1.82) is 0 Å². The van der Waals surface area contributed by atoms with Crippen LogP contribution in [0, 0.1) is 17.0 Å². The minimum atomic E-state index is -0.308. The van der Waals surface area contributed by atoms with E-state index in [0.29, 0.717) is 5.39 Å². The first kappa shape index (κ1) is 17.7. The number of aryl methyl sites for hydroxylation is 1. The summed E-state index contributed by atoms with van der Waals surface area (Å²) in [7, 11) is 1.86. The van der Waals surface area contributed by atoms with Crippen LogP contribution in [0.2, 0.25) is 0 Å². The van der Waals surface area contributed by atoms with Gasteiger partial charge in [-0.15, -0.1) is 0 Å². The standard InChI is InChI=1S/C24H20N2O2/c1-17-20(14-13-18-9-5-3-6-10-18)15-21-22(26(27)28)16-25(2)24(21)23(17)19-11-7-4-8-12-19/h3-16H,1-2H3/b14-13+. The Balaban J connectivity index is 2.01. The van der Waals surface area contributed by atoms with Gasteiger partial charge in [-0.3, -0.25) is 10.1 Å².